The van der Waals surface area contributed by atoms with Gasteiger partial charge in [-0.05, 0) is 13.0 Å². The lowest BCUT2D eigenvalue weighted by Crippen LogP contribution is -2.33. The first-order valence-electron chi connectivity index (χ1n) is 3.85. The van der Waals surface area contributed by atoms with Gasteiger partial charge in [-0.3, -0.25) is 4.79 Å². The van der Waals surface area contributed by atoms with Crippen LogP contribution in [-0.2, 0) is 9.53 Å². The van der Waals surface area contributed by atoms with Crippen molar-refractivity contribution in [2.45, 2.75) is 19.1 Å². The Morgan fingerprint density at radius 1 is 1.73 bits per heavy atom. The van der Waals surface area contributed by atoms with Crippen LogP contribution in [0.3, 0.4) is 0 Å². The second-order valence-corrected chi connectivity index (χ2v) is 3.08. The Morgan fingerprint density at radius 3 is 3.27 bits per heavy atom. The predicted octanol–water partition coefficient (Wildman–Crippen LogP) is 0.0759. The zero-order chi connectivity index (χ0) is 7.84. The van der Waals surface area contributed by atoms with E-state index in [2.05, 4.69) is 5.32 Å². The minimum absolute atomic E-state index is 0.0150. The molecule has 0 spiro atoms. The second kappa shape index (κ2) is 2.34. The summed E-state index contributed by atoms with van der Waals surface area (Å²) in [6, 6.07) is -0.0150. The first kappa shape index (κ1) is 6.85. The van der Waals surface area contributed by atoms with E-state index in [1.165, 1.54) is 0 Å². The Labute approximate surface area is 65.4 Å². The van der Waals surface area contributed by atoms with E-state index < -0.39 is 0 Å². The number of carbonyl (C=O) groups excluding carboxylic acids is 1. The monoisotopic (exact) mass is 153 g/mol. The number of ether oxygens (including phenoxy) is 1. The highest BCUT2D eigenvalue weighted by Crippen LogP contribution is 2.26. The van der Waals surface area contributed by atoms with E-state index >= 15 is 0 Å². The third-order valence-corrected chi connectivity index (χ3v) is 2.35. The van der Waals surface area contributed by atoms with Crippen LogP contribution in [-0.4, -0.2) is 24.5 Å². The molecule has 60 valence electrons. The molecule has 2 aliphatic heterocycles. The van der Waals surface area contributed by atoms with Gasteiger partial charge in [0.05, 0.1) is 12.3 Å². The van der Waals surface area contributed by atoms with E-state index in [1.807, 2.05) is 6.08 Å². The molecular formula is C8H11NO2. The highest BCUT2D eigenvalue weighted by atomic mass is 16.5. The molecule has 0 radical (unpaired) electrons. The zero-order valence-electron chi connectivity index (χ0n) is 6.41. The summed E-state index contributed by atoms with van der Waals surface area (Å²) in [6.45, 7) is 2.41. The Kier molecular flexibility index (Phi) is 1.46. The van der Waals surface area contributed by atoms with Gasteiger partial charge in [0.2, 0.25) is 0 Å². The van der Waals surface area contributed by atoms with Gasteiger partial charge in [0.15, 0.2) is 0 Å². The fourth-order valence-corrected chi connectivity index (χ4v) is 1.76. The molecule has 0 bridgehead atoms. The summed E-state index contributed by atoms with van der Waals surface area (Å²) < 4.78 is 5.26. The number of ketones is 1. The standard InChI is InChI=1S/C8H11NO2/c1-5(10)8-6-2-3-11-7(6)4-9-8/h2-3,6-9H,4H2,1H3. The van der Waals surface area contributed by atoms with Crippen LogP contribution in [0.15, 0.2) is 12.3 Å². The molecule has 0 aliphatic carbocycles. The van der Waals surface area contributed by atoms with Crippen LogP contribution in [0.25, 0.3) is 0 Å². The average molecular weight is 153 g/mol. The van der Waals surface area contributed by atoms with Crippen molar-refractivity contribution in [3.05, 3.63) is 12.3 Å². The molecule has 3 atom stereocenters. The molecule has 0 saturated carbocycles. The van der Waals surface area contributed by atoms with Crippen molar-refractivity contribution in [1.29, 1.82) is 0 Å². The van der Waals surface area contributed by atoms with Crippen LogP contribution in [0.1, 0.15) is 6.92 Å². The van der Waals surface area contributed by atoms with Crippen LogP contribution >= 0.6 is 0 Å². The van der Waals surface area contributed by atoms with Crippen LogP contribution < -0.4 is 5.32 Å². The predicted molar refractivity (Wildman–Crippen MR) is 40.0 cm³/mol. The first-order valence-corrected chi connectivity index (χ1v) is 3.85. The molecule has 0 amide bonds. The fraction of sp³-hybridized carbons (Fsp3) is 0.625. The zero-order valence-corrected chi connectivity index (χ0v) is 6.41. The van der Waals surface area contributed by atoms with Gasteiger partial charge in [0.1, 0.15) is 11.9 Å². The van der Waals surface area contributed by atoms with E-state index in [1.54, 1.807) is 13.2 Å². The number of carbonyl (C=O) groups is 1. The fourth-order valence-electron chi connectivity index (χ4n) is 1.76. The summed E-state index contributed by atoms with van der Waals surface area (Å²) in [4.78, 5) is 11.0. The van der Waals surface area contributed by atoms with Gasteiger partial charge in [0, 0.05) is 12.5 Å². The third-order valence-electron chi connectivity index (χ3n) is 2.35. The molecule has 3 heteroatoms. The van der Waals surface area contributed by atoms with Crippen LogP contribution in [0, 0.1) is 5.92 Å². The summed E-state index contributed by atoms with van der Waals surface area (Å²) in [7, 11) is 0. The smallest absolute Gasteiger partial charge is 0.147 e. The van der Waals surface area contributed by atoms with Gasteiger partial charge in [-0.1, -0.05) is 0 Å². The number of hydrogen-bond donors (Lipinski definition) is 1. The van der Waals surface area contributed by atoms with E-state index in [-0.39, 0.29) is 23.8 Å². The van der Waals surface area contributed by atoms with Gasteiger partial charge in [0.25, 0.3) is 0 Å². The Balaban J connectivity index is 2.14. The first-order chi connectivity index (χ1) is 5.29. The van der Waals surface area contributed by atoms with Crippen molar-refractivity contribution < 1.29 is 9.53 Å². The van der Waals surface area contributed by atoms with E-state index in [0.717, 1.165) is 6.54 Å². The van der Waals surface area contributed by atoms with Crippen molar-refractivity contribution in [1.82, 2.24) is 5.32 Å². The summed E-state index contributed by atoms with van der Waals surface area (Å²) in [5.41, 5.74) is 0. The van der Waals surface area contributed by atoms with Gasteiger partial charge in [-0.25, -0.2) is 0 Å². The van der Waals surface area contributed by atoms with Crippen molar-refractivity contribution in [2.75, 3.05) is 6.54 Å². The minimum Gasteiger partial charge on any atom is -0.496 e. The number of fused-ring (bicyclic) bond motifs is 1. The highest BCUT2D eigenvalue weighted by Gasteiger charge is 2.40. The summed E-state index contributed by atoms with van der Waals surface area (Å²) >= 11 is 0. The molecule has 2 aliphatic rings. The average Bonchev–Trinajstić information content (AvgIpc) is 2.41. The number of rotatable bonds is 1. The van der Waals surface area contributed by atoms with Gasteiger partial charge >= 0.3 is 0 Å². The number of Topliss-reactive ketones (excluding diaryl/α,β-unsaturated/α-hetero) is 1. The molecule has 3 unspecified atom stereocenters. The molecule has 2 rings (SSSR count). The quantitative estimate of drug-likeness (QED) is 0.579. The molecule has 0 aromatic carbocycles. The van der Waals surface area contributed by atoms with Crippen molar-refractivity contribution >= 4 is 5.78 Å². The third kappa shape index (κ3) is 0.959. The van der Waals surface area contributed by atoms with Crippen molar-refractivity contribution in [3.63, 3.8) is 0 Å². The Bertz CT molecular complexity index is 212. The Hall–Kier alpha value is -0.830. The molecule has 1 saturated heterocycles. The molecule has 11 heavy (non-hydrogen) atoms. The number of nitrogens with one attached hydrogen (secondary N) is 1. The maximum atomic E-state index is 11.0. The van der Waals surface area contributed by atoms with Crippen molar-refractivity contribution in [2.24, 2.45) is 5.92 Å². The van der Waals surface area contributed by atoms with Gasteiger partial charge in [-0.2, -0.15) is 0 Å². The topological polar surface area (TPSA) is 38.3 Å². The summed E-state index contributed by atoms with van der Waals surface area (Å²) in [6.07, 6.45) is 3.87. The molecule has 0 aromatic heterocycles. The molecule has 1 N–H and O–H groups in total. The maximum absolute atomic E-state index is 11.0. The lowest BCUT2D eigenvalue weighted by Gasteiger charge is -2.11. The van der Waals surface area contributed by atoms with E-state index in [0.29, 0.717) is 0 Å². The van der Waals surface area contributed by atoms with Crippen molar-refractivity contribution in [3.8, 4) is 0 Å². The number of hydrogen-bond acceptors (Lipinski definition) is 3. The largest absolute Gasteiger partial charge is 0.496 e. The van der Waals surface area contributed by atoms with Crippen LogP contribution in [0.2, 0.25) is 0 Å². The van der Waals surface area contributed by atoms with E-state index in [9.17, 15) is 4.79 Å². The lowest BCUT2D eigenvalue weighted by molar-refractivity contribution is -0.119. The molecular weight excluding hydrogens is 142 g/mol. The summed E-state index contributed by atoms with van der Waals surface area (Å²) in [5, 5.41) is 3.13. The van der Waals surface area contributed by atoms with Crippen LogP contribution in [0.4, 0.5) is 0 Å². The SMILES string of the molecule is CC(=O)C1NCC2OC=CC21. The summed E-state index contributed by atoms with van der Waals surface area (Å²) in [5.74, 6) is 0.472. The normalized spacial score (nSPS) is 40.3. The van der Waals surface area contributed by atoms with Gasteiger partial charge in [-0.15, -0.1) is 0 Å². The molecule has 0 aromatic rings. The highest BCUT2D eigenvalue weighted by molar-refractivity contribution is 5.82. The minimum atomic E-state index is -0.0150. The Morgan fingerprint density at radius 2 is 2.55 bits per heavy atom. The second-order valence-electron chi connectivity index (χ2n) is 3.08. The molecule has 3 nitrogen and oxygen atoms in total. The maximum Gasteiger partial charge on any atom is 0.147 e. The molecule has 1 fully saturated rings. The lowest BCUT2D eigenvalue weighted by atomic mass is 9.97. The van der Waals surface area contributed by atoms with E-state index in [4.69, 9.17) is 4.74 Å². The van der Waals surface area contributed by atoms with Gasteiger partial charge < -0.3 is 10.1 Å². The molecule has 2 heterocycles. The van der Waals surface area contributed by atoms with Crippen LogP contribution in [0.5, 0.6) is 0 Å².